The summed E-state index contributed by atoms with van der Waals surface area (Å²) in [4.78, 5) is 29.1. The molecule has 0 N–H and O–H groups in total. The van der Waals surface area contributed by atoms with Crippen LogP contribution in [-0.2, 0) is 20.9 Å². The highest BCUT2D eigenvalue weighted by atomic mass is 16.5. The van der Waals surface area contributed by atoms with Gasteiger partial charge in [-0.1, -0.05) is 30.4 Å². The first-order valence-electron chi connectivity index (χ1n) is 8.76. The van der Waals surface area contributed by atoms with E-state index in [4.69, 9.17) is 4.74 Å². The van der Waals surface area contributed by atoms with Gasteiger partial charge in [-0.15, -0.1) is 0 Å². The first-order chi connectivity index (χ1) is 11.8. The van der Waals surface area contributed by atoms with Crippen molar-refractivity contribution in [2.75, 3.05) is 20.6 Å². The van der Waals surface area contributed by atoms with Crippen LogP contribution in [0.15, 0.2) is 30.4 Å². The SMILES string of the molecule is Cc1ccc(CN2C[C@]34C=C[C@H](O3)[C@@H](C(=O)N(C)C)[C@H]4C2=O)cc1C. The Bertz CT molecular complexity index is 785. The lowest BCUT2D eigenvalue weighted by molar-refractivity contribution is -0.141. The van der Waals surface area contributed by atoms with Crippen molar-refractivity contribution in [3.8, 4) is 0 Å². The standard InChI is InChI=1S/C20H24N2O3/c1-12-5-6-14(9-13(12)2)10-22-11-20-8-7-15(25-20)16(17(20)19(22)24)18(23)21(3)4/h5-9,15-17H,10-11H2,1-4H3/t15-,16+,17-,20-/m0/s1. The van der Waals surface area contributed by atoms with E-state index in [2.05, 4.69) is 32.0 Å². The zero-order chi connectivity index (χ0) is 17.9. The molecule has 4 atom stereocenters. The van der Waals surface area contributed by atoms with E-state index in [1.807, 2.05) is 17.1 Å². The van der Waals surface area contributed by atoms with Crippen molar-refractivity contribution in [3.05, 3.63) is 47.0 Å². The number of benzene rings is 1. The zero-order valence-corrected chi connectivity index (χ0v) is 15.2. The number of nitrogens with zero attached hydrogens (tertiary/aromatic N) is 2. The molecule has 25 heavy (non-hydrogen) atoms. The van der Waals surface area contributed by atoms with Gasteiger partial charge in [-0.05, 0) is 30.5 Å². The molecule has 2 bridgehead atoms. The lowest BCUT2D eigenvalue weighted by atomic mass is 9.76. The predicted molar refractivity (Wildman–Crippen MR) is 93.8 cm³/mol. The number of likely N-dealkylation sites (tertiary alicyclic amines) is 1. The minimum absolute atomic E-state index is 0.0254. The van der Waals surface area contributed by atoms with Gasteiger partial charge in [-0.25, -0.2) is 0 Å². The Balaban J connectivity index is 1.61. The third-order valence-corrected chi connectivity index (χ3v) is 5.85. The molecule has 132 valence electrons. The summed E-state index contributed by atoms with van der Waals surface area (Å²) in [5, 5.41) is 0. The minimum Gasteiger partial charge on any atom is -0.360 e. The summed E-state index contributed by atoms with van der Waals surface area (Å²) in [6.07, 6.45) is 3.68. The van der Waals surface area contributed by atoms with E-state index in [0.717, 1.165) is 5.56 Å². The average molecular weight is 340 g/mol. The van der Waals surface area contributed by atoms with Crippen LogP contribution in [0.5, 0.6) is 0 Å². The maximum atomic E-state index is 13.1. The van der Waals surface area contributed by atoms with Crippen LogP contribution in [0, 0.1) is 25.7 Å². The largest absolute Gasteiger partial charge is 0.360 e. The summed E-state index contributed by atoms with van der Waals surface area (Å²) >= 11 is 0. The van der Waals surface area contributed by atoms with Gasteiger partial charge in [-0.3, -0.25) is 9.59 Å². The second-order valence-electron chi connectivity index (χ2n) is 7.75. The molecule has 3 aliphatic heterocycles. The van der Waals surface area contributed by atoms with E-state index in [0.29, 0.717) is 13.1 Å². The van der Waals surface area contributed by atoms with Crippen LogP contribution in [0.3, 0.4) is 0 Å². The molecule has 5 heteroatoms. The topological polar surface area (TPSA) is 49.9 Å². The smallest absolute Gasteiger partial charge is 0.230 e. The lowest BCUT2D eigenvalue weighted by Crippen LogP contribution is -2.43. The number of ether oxygens (including phenoxy) is 1. The summed E-state index contributed by atoms with van der Waals surface area (Å²) in [5.41, 5.74) is 2.95. The van der Waals surface area contributed by atoms with Gasteiger partial charge in [0.25, 0.3) is 0 Å². The van der Waals surface area contributed by atoms with Crippen LogP contribution < -0.4 is 0 Å². The Kier molecular flexibility index (Phi) is 3.55. The molecular weight excluding hydrogens is 316 g/mol. The van der Waals surface area contributed by atoms with E-state index in [9.17, 15) is 9.59 Å². The number of fused-ring (bicyclic) bond motifs is 1. The highest BCUT2D eigenvalue weighted by Crippen LogP contribution is 2.52. The Labute approximate surface area is 148 Å². The van der Waals surface area contributed by atoms with Crippen molar-refractivity contribution in [2.24, 2.45) is 11.8 Å². The molecule has 3 aliphatic rings. The van der Waals surface area contributed by atoms with Crippen LogP contribution in [0.2, 0.25) is 0 Å². The number of rotatable bonds is 3. The summed E-state index contributed by atoms with van der Waals surface area (Å²) in [6.45, 7) is 5.24. The normalized spacial score (nSPS) is 32.4. The summed E-state index contributed by atoms with van der Waals surface area (Å²) in [5.74, 6) is -0.797. The van der Waals surface area contributed by atoms with Crippen molar-refractivity contribution in [1.82, 2.24) is 9.80 Å². The Hall–Kier alpha value is -2.14. The molecule has 2 amide bonds. The second-order valence-corrected chi connectivity index (χ2v) is 7.75. The number of hydrogen-bond acceptors (Lipinski definition) is 3. The number of hydrogen-bond donors (Lipinski definition) is 0. The third kappa shape index (κ3) is 2.33. The molecule has 5 nitrogen and oxygen atoms in total. The summed E-state index contributed by atoms with van der Waals surface area (Å²) < 4.78 is 6.13. The van der Waals surface area contributed by atoms with Crippen molar-refractivity contribution in [3.63, 3.8) is 0 Å². The van der Waals surface area contributed by atoms with E-state index < -0.39 is 17.4 Å². The molecule has 1 spiro atoms. The van der Waals surface area contributed by atoms with Crippen LogP contribution in [0.1, 0.15) is 16.7 Å². The maximum Gasteiger partial charge on any atom is 0.230 e. The van der Waals surface area contributed by atoms with Gasteiger partial charge >= 0.3 is 0 Å². The molecule has 4 rings (SSSR count). The van der Waals surface area contributed by atoms with Crippen molar-refractivity contribution in [1.29, 1.82) is 0 Å². The van der Waals surface area contributed by atoms with Crippen molar-refractivity contribution >= 4 is 11.8 Å². The average Bonchev–Trinajstić information content (AvgIpc) is 3.19. The molecule has 2 saturated heterocycles. The van der Waals surface area contributed by atoms with Crippen LogP contribution >= 0.6 is 0 Å². The van der Waals surface area contributed by atoms with Crippen LogP contribution in [0.25, 0.3) is 0 Å². The Morgan fingerprint density at radius 2 is 2.08 bits per heavy atom. The summed E-state index contributed by atoms with van der Waals surface area (Å²) in [7, 11) is 3.47. The monoisotopic (exact) mass is 340 g/mol. The van der Waals surface area contributed by atoms with Crippen molar-refractivity contribution < 1.29 is 14.3 Å². The van der Waals surface area contributed by atoms with E-state index >= 15 is 0 Å². The van der Waals surface area contributed by atoms with E-state index in [1.165, 1.54) is 11.1 Å². The number of aryl methyl sites for hydroxylation is 2. The van der Waals surface area contributed by atoms with Gasteiger partial charge in [0.05, 0.1) is 24.5 Å². The first-order valence-corrected chi connectivity index (χ1v) is 8.76. The molecule has 0 radical (unpaired) electrons. The fraction of sp³-hybridized carbons (Fsp3) is 0.500. The van der Waals surface area contributed by atoms with Gasteiger partial charge in [0, 0.05) is 20.6 Å². The summed E-state index contributed by atoms with van der Waals surface area (Å²) in [6, 6.07) is 6.29. The molecule has 1 aromatic rings. The fourth-order valence-corrected chi connectivity index (χ4v) is 4.41. The lowest BCUT2D eigenvalue weighted by Gasteiger charge is -2.25. The molecule has 1 aromatic carbocycles. The molecule has 0 aromatic heterocycles. The second kappa shape index (κ2) is 5.43. The van der Waals surface area contributed by atoms with Crippen LogP contribution in [0.4, 0.5) is 0 Å². The van der Waals surface area contributed by atoms with Crippen LogP contribution in [-0.4, -0.2) is 54.0 Å². The van der Waals surface area contributed by atoms with E-state index in [1.54, 1.807) is 19.0 Å². The molecule has 3 heterocycles. The molecule has 0 saturated carbocycles. The zero-order valence-electron chi connectivity index (χ0n) is 15.2. The minimum atomic E-state index is -0.627. The van der Waals surface area contributed by atoms with Crippen molar-refractivity contribution in [2.45, 2.75) is 32.1 Å². The number of amides is 2. The fourth-order valence-electron chi connectivity index (χ4n) is 4.41. The predicted octanol–water partition coefficient (Wildman–Crippen LogP) is 1.67. The number of carbonyl (C=O) groups excluding carboxylic acids is 2. The van der Waals surface area contributed by atoms with Gasteiger partial charge < -0.3 is 14.5 Å². The molecule has 2 fully saturated rings. The highest BCUT2D eigenvalue weighted by Gasteiger charge is 2.66. The van der Waals surface area contributed by atoms with Gasteiger partial charge in [0.15, 0.2) is 0 Å². The first kappa shape index (κ1) is 16.3. The molecule has 0 aliphatic carbocycles. The maximum absolute atomic E-state index is 13.1. The van der Waals surface area contributed by atoms with Gasteiger partial charge in [0.1, 0.15) is 5.60 Å². The number of carbonyl (C=O) groups is 2. The molecule has 0 unspecified atom stereocenters. The highest BCUT2D eigenvalue weighted by molar-refractivity contribution is 5.92. The Morgan fingerprint density at radius 3 is 2.76 bits per heavy atom. The molecular formula is C20H24N2O3. The Morgan fingerprint density at radius 1 is 1.32 bits per heavy atom. The van der Waals surface area contributed by atoms with Gasteiger partial charge in [-0.2, -0.15) is 0 Å². The van der Waals surface area contributed by atoms with E-state index in [-0.39, 0.29) is 17.9 Å². The third-order valence-electron chi connectivity index (χ3n) is 5.85. The van der Waals surface area contributed by atoms with Gasteiger partial charge in [0.2, 0.25) is 11.8 Å². The quantitative estimate of drug-likeness (QED) is 0.787.